The van der Waals surface area contributed by atoms with Crippen LogP contribution < -0.4 is 15.4 Å². The zero-order valence-electron chi connectivity index (χ0n) is 15.8. The van der Waals surface area contributed by atoms with E-state index in [0.717, 1.165) is 0 Å². The van der Waals surface area contributed by atoms with E-state index in [4.69, 9.17) is 9.47 Å². The summed E-state index contributed by atoms with van der Waals surface area (Å²) >= 11 is 0. The second kappa shape index (κ2) is 9.47. The van der Waals surface area contributed by atoms with Crippen molar-refractivity contribution in [2.24, 2.45) is 0 Å². The first kappa shape index (κ1) is 20.7. The number of nitrogens with one attached hydrogen (secondary N) is 2. The van der Waals surface area contributed by atoms with Gasteiger partial charge in [-0.3, -0.25) is 10.1 Å². The molecule has 0 spiro atoms. The monoisotopic (exact) mass is 415 g/mol. The number of non-ortho nitro benzene ring substituents is 1. The minimum atomic E-state index is -1.09. The molecule has 0 aliphatic heterocycles. The zero-order valence-corrected chi connectivity index (χ0v) is 15.8. The van der Waals surface area contributed by atoms with Gasteiger partial charge < -0.3 is 25.2 Å². The Morgan fingerprint density at radius 2 is 1.87 bits per heavy atom. The van der Waals surface area contributed by atoms with Crippen LogP contribution >= 0.6 is 0 Å². The summed E-state index contributed by atoms with van der Waals surface area (Å²) in [5.41, 5.74) is 0.621. The van der Waals surface area contributed by atoms with E-state index in [1.54, 1.807) is 31.4 Å². The van der Waals surface area contributed by atoms with Crippen LogP contribution in [0.15, 0.2) is 48.5 Å². The molecule has 1 heterocycles. The Morgan fingerprint density at radius 3 is 2.57 bits per heavy atom. The highest BCUT2D eigenvalue weighted by Crippen LogP contribution is 2.28. The van der Waals surface area contributed by atoms with Crippen molar-refractivity contribution in [3.63, 3.8) is 0 Å². The number of hydrogen-bond acceptors (Lipinski definition) is 9. The van der Waals surface area contributed by atoms with Crippen molar-refractivity contribution in [2.45, 2.75) is 0 Å². The molecule has 0 fully saturated rings. The SMILES string of the molecule is COCCOc1ccc(Nc2nc(O)c(F)c(Nc3cccc([N+](=O)[O-])c3)n2)cc1. The average Bonchev–Trinajstić information content (AvgIpc) is 2.73. The summed E-state index contributed by atoms with van der Waals surface area (Å²) in [4.78, 5) is 18.0. The lowest BCUT2D eigenvalue weighted by Gasteiger charge is -2.11. The minimum Gasteiger partial charge on any atom is -0.491 e. The summed E-state index contributed by atoms with van der Waals surface area (Å²) in [6, 6.07) is 12.3. The molecule has 11 heteroatoms. The van der Waals surface area contributed by atoms with E-state index >= 15 is 0 Å². The van der Waals surface area contributed by atoms with E-state index in [0.29, 0.717) is 24.7 Å². The molecule has 0 radical (unpaired) electrons. The molecule has 2 aromatic carbocycles. The van der Waals surface area contributed by atoms with E-state index in [-0.39, 0.29) is 23.1 Å². The molecule has 30 heavy (non-hydrogen) atoms. The number of halogens is 1. The number of ether oxygens (including phenoxy) is 2. The minimum absolute atomic E-state index is 0.0742. The largest absolute Gasteiger partial charge is 0.491 e. The molecule has 0 atom stereocenters. The van der Waals surface area contributed by atoms with Crippen LogP contribution in [0.1, 0.15) is 0 Å². The van der Waals surface area contributed by atoms with Crippen LogP contribution in [0.5, 0.6) is 11.6 Å². The molecule has 1 aromatic heterocycles. The number of benzene rings is 2. The quantitative estimate of drug-likeness (QED) is 0.272. The lowest BCUT2D eigenvalue weighted by molar-refractivity contribution is -0.384. The van der Waals surface area contributed by atoms with Gasteiger partial charge in [0.1, 0.15) is 12.4 Å². The van der Waals surface area contributed by atoms with Crippen LogP contribution in [0.4, 0.5) is 33.2 Å². The van der Waals surface area contributed by atoms with E-state index in [1.807, 2.05) is 0 Å². The Labute approximate surface area is 170 Å². The fourth-order valence-corrected chi connectivity index (χ4v) is 2.41. The third-order valence-corrected chi connectivity index (χ3v) is 3.82. The van der Waals surface area contributed by atoms with Crippen molar-refractivity contribution in [2.75, 3.05) is 31.0 Å². The van der Waals surface area contributed by atoms with Crippen molar-refractivity contribution < 1.29 is 23.9 Å². The van der Waals surface area contributed by atoms with Gasteiger partial charge in [-0.05, 0) is 30.3 Å². The number of rotatable bonds is 9. The molecule has 3 N–H and O–H groups in total. The van der Waals surface area contributed by atoms with Gasteiger partial charge in [0.25, 0.3) is 11.6 Å². The normalized spacial score (nSPS) is 10.5. The van der Waals surface area contributed by atoms with Crippen LogP contribution in [0.2, 0.25) is 0 Å². The third-order valence-electron chi connectivity index (χ3n) is 3.82. The lowest BCUT2D eigenvalue weighted by atomic mass is 10.3. The lowest BCUT2D eigenvalue weighted by Crippen LogP contribution is -2.05. The van der Waals surface area contributed by atoms with Gasteiger partial charge in [0.05, 0.1) is 11.5 Å². The van der Waals surface area contributed by atoms with Gasteiger partial charge in [0.2, 0.25) is 11.8 Å². The third kappa shape index (κ3) is 5.29. The molecule has 3 aromatic rings. The van der Waals surface area contributed by atoms with E-state index in [2.05, 4.69) is 20.6 Å². The predicted molar refractivity (Wildman–Crippen MR) is 107 cm³/mol. The molecular weight excluding hydrogens is 397 g/mol. The maximum Gasteiger partial charge on any atom is 0.271 e. The molecule has 0 aliphatic carbocycles. The Kier molecular flexibility index (Phi) is 6.55. The molecule has 0 aliphatic rings. The highest BCUT2D eigenvalue weighted by Gasteiger charge is 2.15. The highest BCUT2D eigenvalue weighted by molar-refractivity contribution is 5.63. The molecule has 0 amide bonds. The molecule has 0 bridgehead atoms. The number of anilines is 4. The molecule has 156 valence electrons. The number of nitro groups is 1. The first-order valence-corrected chi connectivity index (χ1v) is 8.73. The van der Waals surface area contributed by atoms with Crippen molar-refractivity contribution in [3.05, 3.63) is 64.5 Å². The van der Waals surface area contributed by atoms with Crippen LogP contribution in [0, 0.1) is 15.9 Å². The molecule has 3 rings (SSSR count). The topological polar surface area (TPSA) is 132 Å². The standard InChI is InChI=1S/C19H18FN5O5/c1-29-9-10-30-15-7-5-12(6-8-15)22-19-23-17(16(20)18(26)24-19)21-13-3-2-4-14(11-13)25(27)28/h2-8,11H,9-10H2,1H3,(H3,21,22,23,24,26). The first-order chi connectivity index (χ1) is 14.5. The van der Waals surface area contributed by atoms with Crippen LogP contribution in [0.25, 0.3) is 0 Å². The predicted octanol–water partition coefficient (Wildman–Crippen LogP) is 3.74. The van der Waals surface area contributed by atoms with Crippen molar-refractivity contribution in [1.29, 1.82) is 0 Å². The molecule has 0 saturated heterocycles. The first-order valence-electron chi connectivity index (χ1n) is 8.73. The number of aromatic hydroxyl groups is 1. The fourth-order valence-electron chi connectivity index (χ4n) is 2.41. The Morgan fingerprint density at radius 1 is 1.10 bits per heavy atom. The number of hydrogen-bond donors (Lipinski definition) is 3. The average molecular weight is 415 g/mol. The summed E-state index contributed by atoms with van der Waals surface area (Å²) in [5.74, 6) is -1.75. The van der Waals surface area contributed by atoms with Crippen molar-refractivity contribution in [3.8, 4) is 11.6 Å². The number of nitrogens with zero attached hydrogens (tertiary/aromatic N) is 3. The Balaban J connectivity index is 1.76. The maximum absolute atomic E-state index is 14.2. The second-order valence-electron chi connectivity index (χ2n) is 5.96. The van der Waals surface area contributed by atoms with Gasteiger partial charge in [-0.2, -0.15) is 14.4 Å². The van der Waals surface area contributed by atoms with Crippen LogP contribution in [0.3, 0.4) is 0 Å². The molecule has 10 nitrogen and oxygen atoms in total. The smallest absolute Gasteiger partial charge is 0.271 e. The highest BCUT2D eigenvalue weighted by atomic mass is 19.1. The van der Waals surface area contributed by atoms with Gasteiger partial charge in [-0.1, -0.05) is 6.07 Å². The van der Waals surface area contributed by atoms with Gasteiger partial charge in [0.15, 0.2) is 5.82 Å². The Hall–Kier alpha value is -3.99. The molecule has 0 saturated carbocycles. The summed E-state index contributed by atoms with van der Waals surface area (Å²) in [6.07, 6.45) is 0. The van der Waals surface area contributed by atoms with Gasteiger partial charge >= 0.3 is 0 Å². The maximum atomic E-state index is 14.2. The van der Waals surface area contributed by atoms with Crippen LogP contribution in [-0.4, -0.2) is 40.3 Å². The number of aromatic nitrogens is 2. The summed E-state index contributed by atoms with van der Waals surface area (Å²) < 4.78 is 24.6. The summed E-state index contributed by atoms with van der Waals surface area (Å²) in [7, 11) is 1.58. The van der Waals surface area contributed by atoms with Crippen molar-refractivity contribution in [1.82, 2.24) is 9.97 Å². The Bertz CT molecular complexity index is 1030. The van der Waals surface area contributed by atoms with E-state index in [1.165, 1.54) is 24.3 Å². The van der Waals surface area contributed by atoms with Gasteiger partial charge in [0, 0.05) is 30.6 Å². The number of nitro benzene ring substituents is 1. The fraction of sp³-hybridized carbons (Fsp3) is 0.158. The molecular formula is C19H18FN5O5. The van der Waals surface area contributed by atoms with Crippen molar-refractivity contribution >= 4 is 28.8 Å². The second-order valence-corrected chi connectivity index (χ2v) is 5.96. The van der Waals surface area contributed by atoms with Crippen LogP contribution in [-0.2, 0) is 4.74 Å². The zero-order chi connectivity index (χ0) is 21.5. The summed E-state index contributed by atoms with van der Waals surface area (Å²) in [5, 5.41) is 26.1. The summed E-state index contributed by atoms with van der Waals surface area (Å²) in [6.45, 7) is 0.869. The van der Waals surface area contributed by atoms with Gasteiger partial charge in [-0.15, -0.1) is 0 Å². The van der Waals surface area contributed by atoms with Gasteiger partial charge in [-0.25, -0.2) is 0 Å². The van der Waals surface area contributed by atoms with E-state index in [9.17, 15) is 19.6 Å². The molecule has 0 unspecified atom stereocenters. The van der Waals surface area contributed by atoms with E-state index < -0.39 is 16.6 Å². The number of methoxy groups -OCH3 is 1.